The number of hydrogen-bond donors (Lipinski definition) is 3. The molecule has 1 aliphatic carbocycles. The van der Waals surface area contributed by atoms with Crippen LogP contribution in [0.4, 0.5) is 4.79 Å². The van der Waals surface area contributed by atoms with Gasteiger partial charge in [0.2, 0.25) is 0 Å². The third-order valence-corrected chi connectivity index (χ3v) is 6.37. The van der Waals surface area contributed by atoms with E-state index < -0.39 is 18.1 Å². The zero-order valence-electron chi connectivity index (χ0n) is 17.8. The number of carboxylic acids is 1. The summed E-state index contributed by atoms with van der Waals surface area (Å²) in [7, 11) is 0. The van der Waals surface area contributed by atoms with Crippen LogP contribution in [0.1, 0.15) is 35.4 Å². The Hall–Kier alpha value is -3.32. The number of ether oxygens (including phenoxy) is 1. The van der Waals surface area contributed by atoms with Crippen molar-refractivity contribution in [1.29, 1.82) is 0 Å². The van der Waals surface area contributed by atoms with Crippen molar-refractivity contribution in [2.45, 2.75) is 31.2 Å². The molecule has 1 atom stereocenters. The Labute approximate surface area is 200 Å². The molecule has 0 aromatic heterocycles. The van der Waals surface area contributed by atoms with Crippen LogP contribution in [0.2, 0.25) is 0 Å². The highest BCUT2D eigenvalue weighted by Gasteiger charge is 2.29. The molecule has 0 aliphatic heterocycles. The van der Waals surface area contributed by atoms with Gasteiger partial charge in [-0.3, -0.25) is 4.79 Å². The highest BCUT2D eigenvalue weighted by molar-refractivity contribution is 9.10. The number of phenolic OH excluding ortho intramolecular Hbond substituents is 1. The van der Waals surface area contributed by atoms with Gasteiger partial charge in [0.1, 0.15) is 12.4 Å². The maximum atomic E-state index is 12.7. The van der Waals surface area contributed by atoms with Gasteiger partial charge in [-0.25, -0.2) is 4.79 Å². The van der Waals surface area contributed by atoms with Crippen molar-refractivity contribution >= 4 is 28.0 Å². The summed E-state index contributed by atoms with van der Waals surface area (Å²) in [6.07, 6.45) is -0.223. The van der Waals surface area contributed by atoms with Gasteiger partial charge in [0.05, 0.1) is 0 Å². The molecule has 0 fully saturated rings. The number of carbonyl (C=O) groups is 2. The van der Waals surface area contributed by atoms with Crippen molar-refractivity contribution in [3.63, 3.8) is 0 Å². The number of nitrogens with one attached hydrogen (secondary N) is 1. The monoisotopic (exact) mass is 509 g/mol. The summed E-state index contributed by atoms with van der Waals surface area (Å²) < 4.78 is 6.38. The number of alkyl carbamates (subject to hydrolysis) is 1. The first-order valence-electron chi connectivity index (χ1n) is 10.7. The highest BCUT2D eigenvalue weighted by atomic mass is 79.9. The molecule has 3 aromatic rings. The Kier molecular flexibility index (Phi) is 6.99. The molecule has 170 valence electrons. The van der Waals surface area contributed by atoms with Crippen LogP contribution in [0.3, 0.4) is 0 Å². The van der Waals surface area contributed by atoms with E-state index >= 15 is 0 Å². The molecule has 1 amide bonds. The Morgan fingerprint density at radius 3 is 2.27 bits per heavy atom. The second kappa shape index (κ2) is 10.1. The second-order valence-electron chi connectivity index (χ2n) is 8.08. The van der Waals surface area contributed by atoms with Crippen LogP contribution in [0, 0.1) is 0 Å². The molecular weight excluding hydrogens is 486 g/mol. The van der Waals surface area contributed by atoms with E-state index in [0.717, 1.165) is 26.7 Å². The van der Waals surface area contributed by atoms with E-state index in [1.54, 1.807) is 18.2 Å². The van der Waals surface area contributed by atoms with E-state index in [9.17, 15) is 14.7 Å². The zero-order valence-corrected chi connectivity index (χ0v) is 19.4. The molecule has 3 aromatic carbocycles. The smallest absolute Gasteiger partial charge is 0.407 e. The molecule has 0 heterocycles. The lowest BCUT2D eigenvalue weighted by atomic mass is 9.98. The first kappa shape index (κ1) is 22.9. The topological polar surface area (TPSA) is 95.9 Å². The van der Waals surface area contributed by atoms with Crippen LogP contribution >= 0.6 is 15.9 Å². The van der Waals surface area contributed by atoms with Gasteiger partial charge in [0.25, 0.3) is 0 Å². The summed E-state index contributed by atoms with van der Waals surface area (Å²) in [5.41, 5.74) is 5.14. The second-order valence-corrected chi connectivity index (χ2v) is 8.99. The number of aliphatic carboxylic acids is 1. The average molecular weight is 510 g/mol. The Balaban J connectivity index is 1.44. The Bertz CT molecular complexity index is 1130. The van der Waals surface area contributed by atoms with Crippen molar-refractivity contribution < 1.29 is 24.5 Å². The fourth-order valence-electron chi connectivity index (χ4n) is 4.31. The molecule has 0 radical (unpaired) electrons. The summed E-state index contributed by atoms with van der Waals surface area (Å²) >= 11 is 3.37. The summed E-state index contributed by atoms with van der Waals surface area (Å²) in [4.78, 5) is 23.8. The van der Waals surface area contributed by atoms with Gasteiger partial charge in [-0.2, -0.15) is 0 Å². The number of rotatable bonds is 8. The van der Waals surface area contributed by atoms with Crippen molar-refractivity contribution in [1.82, 2.24) is 5.32 Å². The fourth-order valence-corrected chi connectivity index (χ4v) is 4.72. The van der Waals surface area contributed by atoms with E-state index in [1.807, 2.05) is 36.4 Å². The third kappa shape index (κ3) is 5.37. The van der Waals surface area contributed by atoms with E-state index in [0.29, 0.717) is 5.56 Å². The molecular formula is C26H24BrNO5. The van der Waals surface area contributed by atoms with Crippen LogP contribution < -0.4 is 5.32 Å². The lowest BCUT2D eigenvalue weighted by Crippen LogP contribution is -2.37. The van der Waals surface area contributed by atoms with Crippen LogP contribution in [-0.2, 0) is 16.0 Å². The molecule has 0 saturated carbocycles. The van der Waals surface area contributed by atoms with Crippen LogP contribution in [0.15, 0.2) is 71.2 Å². The van der Waals surface area contributed by atoms with E-state index in [1.165, 1.54) is 0 Å². The van der Waals surface area contributed by atoms with Crippen molar-refractivity contribution in [3.05, 3.63) is 87.9 Å². The minimum absolute atomic E-state index is 0.0604. The average Bonchev–Trinajstić information content (AvgIpc) is 3.12. The molecule has 0 bridgehead atoms. The number of fused-ring (bicyclic) bond motifs is 3. The number of phenols is 1. The summed E-state index contributed by atoms with van der Waals surface area (Å²) in [5, 5.41) is 22.0. The van der Waals surface area contributed by atoms with E-state index in [-0.39, 0.29) is 37.5 Å². The molecule has 0 saturated heterocycles. The Morgan fingerprint density at radius 1 is 1.00 bits per heavy atom. The standard InChI is InChI=1S/C26H24BrNO5/c27-17-9-11-24(29)16(13-17)14-18(10-12-25(30)31)28-26(32)33-15-23-21-7-3-1-5-19(21)20-6-2-4-8-22(20)23/h1-9,11,13,18,23,29H,10,12,14-15H2,(H,28,32)(H,30,31). The van der Waals surface area contributed by atoms with Crippen molar-refractivity contribution in [2.24, 2.45) is 0 Å². The van der Waals surface area contributed by atoms with Gasteiger partial charge in [0, 0.05) is 22.9 Å². The predicted molar refractivity (Wildman–Crippen MR) is 128 cm³/mol. The largest absolute Gasteiger partial charge is 0.508 e. The first-order chi connectivity index (χ1) is 15.9. The first-order valence-corrected chi connectivity index (χ1v) is 11.5. The maximum Gasteiger partial charge on any atom is 0.407 e. The van der Waals surface area contributed by atoms with Gasteiger partial charge >= 0.3 is 12.1 Å². The lowest BCUT2D eigenvalue weighted by Gasteiger charge is -2.20. The quantitative estimate of drug-likeness (QED) is 0.374. The van der Waals surface area contributed by atoms with Gasteiger partial charge in [-0.15, -0.1) is 0 Å². The third-order valence-electron chi connectivity index (χ3n) is 5.88. The fraction of sp³-hybridized carbons (Fsp3) is 0.231. The molecule has 1 unspecified atom stereocenters. The predicted octanol–water partition coefficient (Wildman–Crippen LogP) is 5.47. The summed E-state index contributed by atoms with van der Waals surface area (Å²) in [6.45, 7) is 0.174. The summed E-state index contributed by atoms with van der Waals surface area (Å²) in [6, 6.07) is 20.7. The molecule has 3 N–H and O–H groups in total. The number of carboxylic acid groups (broad SMARTS) is 1. The number of aromatic hydroxyl groups is 1. The minimum Gasteiger partial charge on any atom is -0.508 e. The molecule has 7 heteroatoms. The minimum atomic E-state index is -0.951. The summed E-state index contributed by atoms with van der Waals surface area (Å²) in [5.74, 6) is -0.921. The zero-order chi connectivity index (χ0) is 23.4. The maximum absolute atomic E-state index is 12.7. The van der Waals surface area contributed by atoms with Gasteiger partial charge < -0.3 is 20.3 Å². The number of benzene rings is 3. The number of hydrogen-bond acceptors (Lipinski definition) is 4. The van der Waals surface area contributed by atoms with Crippen LogP contribution in [0.25, 0.3) is 11.1 Å². The van der Waals surface area contributed by atoms with Crippen LogP contribution in [-0.4, -0.2) is 34.9 Å². The van der Waals surface area contributed by atoms with E-state index in [4.69, 9.17) is 9.84 Å². The normalized spacial score (nSPS) is 13.1. The molecule has 4 rings (SSSR count). The van der Waals surface area contributed by atoms with Crippen molar-refractivity contribution in [2.75, 3.05) is 6.61 Å². The SMILES string of the molecule is O=C(O)CCC(Cc1cc(Br)ccc1O)NC(=O)OCC1c2ccccc2-c2ccccc21. The highest BCUT2D eigenvalue weighted by Crippen LogP contribution is 2.44. The van der Waals surface area contributed by atoms with E-state index in [2.05, 4.69) is 33.4 Å². The molecule has 0 spiro atoms. The van der Waals surface area contributed by atoms with Gasteiger partial charge in [-0.1, -0.05) is 64.5 Å². The molecule has 6 nitrogen and oxygen atoms in total. The van der Waals surface area contributed by atoms with Crippen molar-refractivity contribution in [3.8, 4) is 16.9 Å². The lowest BCUT2D eigenvalue weighted by molar-refractivity contribution is -0.137. The number of amides is 1. The molecule has 1 aliphatic rings. The van der Waals surface area contributed by atoms with Gasteiger partial charge in [-0.05, 0) is 58.9 Å². The number of carbonyl (C=O) groups excluding carboxylic acids is 1. The van der Waals surface area contributed by atoms with Gasteiger partial charge in [0.15, 0.2) is 0 Å². The molecule has 33 heavy (non-hydrogen) atoms. The van der Waals surface area contributed by atoms with Crippen LogP contribution in [0.5, 0.6) is 5.75 Å². The number of halogens is 1. The Morgan fingerprint density at radius 2 is 1.64 bits per heavy atom.